The van der Waals surface area contributed by atoms with E-state index in [1.54, 1.807) is 17.0 Å². The minimum absolute atomic E-state index is 0.00509. The Labute approximate surface area is 99.4 Å². The molecule has 2 rings (SSSR count). The first-order valence-electron chi connectivity index (χ1n) is 5.70. The number of nitrogens with zero attached hydrogens (tertiary/aromatic N) is 1. The third kappa shape index (κ3) is 2.55. The summed E-state index contributed by atoms with van der Waals surface area (Å²) in [5.74, 6) is -0.228. The lowest BCUT2D eigenvalue weighted by Crippen LogP contribution is -2.49. The van der Waals surface area contributed by atoms with Crippen LogP contribution in [0.25, 0.3) is 0 Å². The van der Waals surface area contributed by atoms with E-state index in [4.69, 9.17) is 4.74 Å². The molecule has 1 aromatic heterocycles. The predicted octanol–water partition coefficient (Wildman–Crippen LogP) is 0.624. The van der Waals surface area contributed by atoms with Gasteiger partial charge in [0.25, 0.3) is 11.5 Å². The minimum Gasteiger partial charge on any atom is -0.372 e. The predicted molar refractivity (Wildman–Crippen MR) is 63.0 cm³/mol. The molecule has 1 amide bonds. The highest BCUT2D eigenvalue weighted by atomic mass is 16.5. The normalized spacial score (nSPS) is 24.7. The van der Waals surface area contributed by atoms with E-state index in [1.807, 2.05) is 13.8 Å². The molecule has 1 aliphatic rings. The van der Waals surface area contributed by atoms with Gasteiger partial charge in [-0.05, 0) is 26.0 Å². The van der Waals surface area contributed by atoms with Gasteiger partial charge in [-0.1, -0.05) is 0 Å². The third-order valence-corrected chi connectivity index (χ3v) is 2.76. The van der Waals surface area contributed by atoms with Gasteiger partial charge < -0.3 is 14.6 Å². The Morgan fingerprint density at radius 1 is 1.41 bits per heavy atom. The summed E-state index contributed by atoms with van der Waals surface area (Å²) in [5, 5.41) is 0. The highest BCUT2D eigenvalue weighted by Crippen LogP contribution is 2.12. The van der Waals surface area contributed by atoms with Crippen LogP contribution in [0.15, 0.2) is 23.1 Å². The van der Waals surface area contributed by atoms with Gasteiger partial charge in [-0.3, -0.25) is 9.59 Å². The van der Waals surface area contributed by atoms with Crippen LogP contribution in [0.3, 0.4) is 0 Å². The summed E-state index contributed by atoms with van der Waals surface area (Å²) in [6, 6.07) is 3.20. The first-order valence-corrected chi connectivity index (χ1v) is 5.70. The molecule has 2 heterocycles. The van der Waals surface area contributed by atoms with Crippen molar-refractivity contribution < 1.29 is 9.53 Å². The number of amides is 1. The molecule has 1 fully saturated rings. The number of hydrogen-bond acceptors (Lipinski definition) is 3. The topological polar surface area (TPSA) is 62.4 Å². The summed E-state index contributed by atoms with van der Waals surface area (Å²) in [5.41, 5.74) is -0.155. The number of carbonyl (C=O) groups is 1. The van der Waals surface area contributed by atoms with E-state index in [2.05, 4.69) is 4.98 Å². The van der Waals surface area contributed by atoms with Gasteiger partial charge in [0.2, 0.25) is 0 Å². The van der Waals surface area contributed by atoms with Crippen LogP contribution in [0.1, 0.15) is 24.2 Å². The Morgan fingerprint density at radius 2 is 2.06 bits per heavy atom. The summed E-state index contributed by atoms with van der Waals surface area (Å²) in [4.78, 5) is 27.9. The number of aromatic nitrogens is 1. The van der Waals surface area contributed by atoms with E-state index >= 15 is 0 Å². The van der Waals surface area contributed by atoms with E-state index in [0.717, 1.165) is 0 Å². The van der Waals surface area contributed by atoms with Crippen molar-refractivity contribution in [2.75, 3.05) is 13.1 Å². The van der Waals surface area contributed by atoms with Crippen molar-refractivity contribution in [2.45, 2.75) is 26.1 Å². The molecule has 0 bridgehead atoms. The van der Waals surface area contributed by atoms with Crippen LogP contribution in [-0.4, -0.2) is 41.1 Å². The fourth-order valence-electron chi connectivity index (χ4n) is 2.10. The second-order valence-electron chi connectivity index (χ2n) is 4.38. The monoisotopic (exact) mass is 236 g/mol. The summed E-state index contributed by atoms with van der Waals surface area (Å²) in [7, 11) is 0. The number of hydrogen-bond donors (Lipinski definition) is 1. The Balaban J connectivity index is 2.20. The van der Waals surface area contributed by atoms with Crippen molar-refractivity contribution in [2.24, 2.45) is 0 Å². The molecular formula is C12H16N2O3. The number of ether oxygens (including phenoxy) is 1. The fourth-order valence-corrected chi connectivity index (χ4v) is 2.10. The first kappa shape index (κ1) is 11.9. The SMILES string of the molecule is CC1CN(C(=O)c2ccc[nH]c2=O)CC(C)O1. The second-order valence-corrected chi connectivity index (χ2v) is 4.38. The summed E-state index contributed by atoms with van der Waals surface area (Å²) in [6.45, 7) is 4.89. The molecule has 2 atom stereocenters. The zero-order chi connectivity index (χ0) is 12.4. The molecule has 17 heavy (non-hydrogen) atoms. The zero-order valence-corrected chi connectivity index (χ0v) is 9.97. The first-order chi connectivity index (χ1) is 8.08. The number of rotatable bonds is 1. The molecule has 1 saturated heterocycles. The molecular weight excluding hydrogens is 220 g/mol. The Kier molecular flexibility index (Phi) is 3.28. The van der Waals surface area contributed by atoms with Gasteiger partial charge in [0.15, 0.2) is 0 Å². The number of carbonyl (C=O) groups excluding carboxylic acids is 1. The van der Waals surface area contributed by atoms with Crippen molar-refractivity contribution in [1.82, 2.24) is 9.88 Å². The highest BCUT2D eigenvalue weighted by molar-refractivity contribution is 5.93. The van der Waals surface area contributed by atoms with Gasteiger partial charge in [0, 0.05) is 19.3 Å². The van der Waals surface area contributed by atoms with Crippen LogP contribution in [0, 0.1) is 0 Å². The molecule has 1 aromatic rings. The van der Waals surface area contributed by atoms with Crippen molar-refractivity contribution in [3.05, 3.63) is 34.2 Å². The van der Waals surface area contributed by atoms with E-state index in [9.17, 15) is 9.59 Å². The lowest BCUT2D eigenvalue weighted by Gasteiger charge is -2.35. The van der Waals surface area contributed by atoms with Crippen LogP contribution in [0.5, 0.6) is 0 Å². The van der Waals surface area contributed by atoms with Crippen molar-refractivity contribution in [3.63, 3.8) is 0 Å². The maximum absolute atomic E-state index is 12.2. The summed E-state index contributed by atoms with van der Waals surface area (Å²) >= 11 is 0. The Morgan fingerprint density at radius 3 is 2.65 bits per heavy atom. The molecule has 2 unspecified atom stereocenters. The number of aromatic amines is 1. The van der Waals surface area contributed by atoms with Gasteiger partial charge in [-0.25, -0.2) is 0 Å². The van der Waals surface area contributed by atoms with Crippen LogP contribution in [-0.2, 0) is 4.74 Å². The van der Waals surface area contributed by atoms with E-state index in [0.29, 0.717) is 13.1 Å². The lowest BCUT2D eigenvalue weighted by molar-refractivity contribution is -0.0586. The smallest absolute Gasteiger partial charge is 0.260 e. The maximum atomic E-state index is 12.2. The van der Waals surface area contributed by atoms with Crippen molar-refractivity contribution >= 4 is 5.91 Å². The van der Waals surface area contributed by atoms with Crippen LogP contribution < -0.4 is 5.56 Å². The highest BCUT2D eigenvalue weighted by Gasteiger charge is 2.27. The Bertz CT molecular complexity index is 459. The molecule has 0 aromatic carbocycles. The van der Waals surface area contributed by atoms with E-state index in [1.165, 1.54) is 6.20 Å². The third-order valence-electron chi connectivity index (χ3n) is 2.76. The van der Waals surface area contributed by atoms with Gasteiger partial charge in [-0.2, -0.15) is 0 Å². The molecule has 0 saturated carbocycles. The van der Waals surface area contributed by atoms with Crippen molar-refractivity contribution in [3.8, 4) is 0 Å². The molecule has 0 spiro atoms. The average molecular weight is 236 g/mol. The minimum atomic E-state index is -0.343. The number of morpholine rings is 1. The number of H-pyrrole nitrogens is 1. The molecule has 92 valence electrons. The maximum Gasteiger partial charge on any atom is 0.260 e. The fraction of sp³-hybridized carbons (Fsp3) is 0.500. The quantitative estimate of drug-likeness (QED) is 0.777. The van der Waals surface area contributed by atoms with E-state index in [-0.39, 0.29) is 29.2 Å². The van der Waals surface area contributed by atoms with Gasteiger partial charge >= 0.3 is 0 Å². The number of pyridine rings is 1. The molecule has 0 radical (unpaired) electrons. The van der Waals surface area contributed by atoms with Crippen molar-refractivity contribution in [1.29, 1.82) is 0 Å². The molecule has 0 aliphatic carbocycles. The largest absolute Gasteiger partial charge is 0.372 e. The molecule has 5 heteroatoms. The van der Waals surface area contributed by atoms with Crippen LogP contribution in [0.2, 0.25) is 0 Å². The van der Waals surface area contributed by atoms with Gasteiger partial charge in [0.05, 0.1) is 12.2 Å². The lowest BCUT2D eigenvalue weighted by atomic mass is 10.2. The standard InChI is InChI=1S/C12H16N2O3/c1-8-6-14(7-9(2)17-8)12(16)10-4-3-5-13-11(10)15/h3-5,8-9H,6-7H2,1-2H3,(H,13,15). The summed E-state index contributed by atoms with van der Waals surface area (Å²) in [6.07, 6.45) is 1.53. The number of nitrogens with one attached hydrogen (secondary N) is 1. The van der Waals surface area contributed by atoms with Crippen LogP contribution in [0.4, 0.5) is 0 Å². The summed E-state index contributed by atoms with van der Waals surface area (Å²) < 4.78 is 5.55. The second kappa shape index (κ2) is 4.71. The van der Waals surface area contributed by atoms with Gasteiger partial charge in [0.1, 0.15) is 5.56 Å². The molecule has 5 nitrogen and oxygen atoms in total. The van der Waals surface area contributed by atoms with Crippen LogP contribution >= 0.6 is 0 Å². The average Bonchev–Trinajstić information content (AvgIpc) is 2.27. The van der Waals surface area contributed by atoms with Gasteiger partial charge in [-0.15, -0.1) is 0 Å². The molecule has 1 N–H and O–H groups in total. The van der Waals surface area contributed by atoms with E-state index < -0.39 is 0 Å². The zero-order valence-electron chi connectivity index (χ0n) is 9.97. The molecule has 1 aliphatic heterocycles. The Hall–Kier alpha value is -1.62.